The van der Waals surface area contributed by atoms with Gasteiger partial charge in [0.1, 0.15) is 12.7 Å². The van der Waals surface area contributed by atoms with Gasteiger partial charge in [-0.2, -0.15) is 5.10 Å². The second-order valence-electron chi connectivity index (χ2n) is 4.89. The SMILES string of the molecule is CCC(C)C(=O)NCc1ccccc1Cn1cncn1. The van der Waals surface area contributed by atoms with E-state index in [1.807, 2.05) is 38.1 Å². The first-order chi connectivity index (χ1) is 9.70. The van der Waals surface area contributed by atoms with Crippen molar-refractivity contribution in [3.63, 3.8) is 0 Å². The Hall–Kier alpha value is -2.17. The van der Waals surface area contributed by atoms with Gasteiger partial charge in [-0.25, -0.2) is 9.67 Å². The van der Waals surface area contributed by atoms with Gasteiger partial charge in [-0.1, -0.05) is 38.1 Å². The predicted octanol–water partition coefficient (Wildman–Crippen LogP) is 1.99. The minimum absolute atomic E-state index is 0.0532. The van der Waals surface area contributed by atoms with E-state index in [0.717, 1.165) is 17.5 Å². The molecule has 1 aromatic heterocycles. The first-order valence-electron chi connectivity index (χ1n) is 6.87. The lowest BCUT2D eigenvalue weighted by atomic mass is 10.1. The normalized spacial score (nSPS) is 12.1. The molecule has 0 aliphatic heterocycles. The Balaban J connectivity index is 2.03. The Kier molecular flexibility index (Phi) is 4.87. The summed E-state index contributed by atoms with van der Waals surface area (Å²) in [6, 6.07) is 8.05. The van der Waals surface area contributed by atoms with Gasteiger partial charge >= 0.3 is 0 Å². The molecule has 0 saturated carbocycles. The average Bonchev–Trinajstić information content (AvgIpc) is 2.98. The zero-order valence-electron chi connectivity index (χ0n) is 11.9. The van der Waals surface area contributed by atoms with Crippen LogP contribution in [-0.4, -0.2) is 20.7 Å². The molecule has 1 aromatic carbocycles. The highest BCUT2D eigenvalue weighted by Crippen LogP contribution is 2.10. The summed E-state index contributed by atoms with van der Waals surface area (Å²) >= 11 is 0. The molecule has 0 bridgehead atoms. The van der Waals surface area contributed by atoms with Crippen molar-refractivity contribution in [1.29, 1.82) is 0 Å². The second-order valence-corrected chi connectivity index (χ2v) is 4.89. The molecule has 5 heteroatoms. The zero-order valence-corrected chi connectivity index (χ0v) is 11.9. The number of carbonyl (C=O) groups excluding carboxylic acids is 1. The smallest absolute Gasteiger partial charge is 0.223 e. The molecule has 20 heavy (non-hydrogen) atoms. The Labute approximate surface area is 119 Å². The third-order valence-corrected chi connectivity index (χ3v) is 3.43. The molecule has 2 aromatic rings. The molecule has 2 rings (SSSR count). The van der Waals surface area contributed by atoms with Crippen molar-refractivity contribution in [3.8, 4) is 0 Å². The van der Waals surface area contributed by atoms with Gasteiger partial charge in [0.2, 0.25) is 5.91 Å². The number of benzene rings is 1. The molecule has 0 saturated heterocycles. The number of hydrogen-bond acceptors (Lipinski definition) is 3. The molecule has 1 unspecified atom stereocenters. The number of aromatic nitrogens is 3. The summed E-state index contributed by atoms with van der Waals surface area (Å²) in [5.74, 6) is 0.153. The predicted molar refractivity (Wildman–Crippen MR) is 76.9 cm³/mol. The third-order valence-electron chi connectivity index (χ3n) is 3.43. The topological polar surface area (TPSA) is 59.8 Å². The molecule has 0 aliphatic carbocycles. The summed E-state index contributed by atoms with van der Waals surface area (Å²) in [5.41, 5.74) is 2.25. The number of carbonyl (C=O) groups is 1. The average molecular weight is 272 g/mol. The van der Waals surface area contributed by atoms with Crippen LogP contribution in [0.25, 0.3) is 0 Å². The lowest BCUT2D eigenvalue weighted by Crippen LogP contribution is -2.28. The Morgan fingerprint density at radius 3 is 2.75 bits per heavy atom. The van der Waals surface area contributed by atoms with Crippen LogP contribution < -0.4 is 5.32 Å². The van der Waals surface area contributed by atoms with E-state index in [2.05, 4.69) is 15.4 Å². The van der Waals surface area contributed by atoms with E-state index in [0.29, 0.717) is 13.1 Å². The molecule has 106 valence electrons. The van der Waals surface area contributed by atoms with Crippen LogP contribution in [0.5, 0.6) is 0 Å². The maximum absolute atomic E-state index is 11.8. The van der Waals surface area contributed by atoms with E-state index in [1.54, 1.807) is 11.0 Å². The van der Waals surface area contributed by atoms with E-state index in [9.17, 15) is 4.79 Å². The maximum Gasteiger partial charge on any atom is 0.223 e. The van der Waals surface area contributed by atoms with Crippen LogP contribution in [0, 0.1) is 5.92 Å². The molecule has 0 spiro atoms. The minimum atomic E-state index is 0.0532. The summed E-state index contributed by atoms with van der Waals surface area (Å²) in [4.78, 5) is 15.8. The van der Waals surface area contributed by atoms with Crippen molar-refractivity contribution in [2.45, 2.75) is 33.4 Å². The fourth-order valence-corrected chi connectivity index (χ4v) is 1.92. The van der Waals surface area contributed by atoms with Gasteiger partial charge in [-0.05, 0) is 17.5 Å². The lowest BCUT2D eigenvalue weighted by Gasteiger charge is -2.13. The van der Waals surface area contributed by atoms with Crippen molar-refractivity contribution in [3.05, 3.63) is 48.0 Å². The number of hydrogen-bond donors (Lipinski definition) is 1. The van der Waals surface area contributed by atoms with Crippen LogP contribution in [0.15, 0.2) is 36.9 Å². The highest BCUT2D eigenvalue weighted by molar-refractivity contribution is 5.78. The highest BCUT2D eigenvalue weighted by Gasteiger charge is 2.10. The molecule has 0 fully saturated rings. The lowest BCUT2D eigenvalue weighted by molar-refractivity contribution is -0.124. The first kappa shape index (κ1) is 14.2. The van der Waals surface area contributed by atoms with Gasteiger partial charge in [0.15, 0.2) is 0 Å². The van der Waals surface area contributed by atoms with E-state index >= 15 is 0 Å². The maximum atomic E-state index is 11.8. The van der Waals surface area contributed by atoms with Crippen LogP contribution in [0.4, 0.5) is 0 Å². The fraction of sp³-hybridized carbons (Fsp3) is 0.400. The van der Waals surface area contributed by atoms with Gasteiger partial charge in [0.25, 0.3) is 0 Å². The number of nitrogens with zero attached hydrogens (tertiary/aromatic N) is 3. The van der Waals surface area contributed by atoms with E-state index < -0.39 is 0 Å². The monoisotopic (exact) mass is 272 g/mol. The van der Waals surface area contributed by atoms with Gasteiger partial charge < -0.3 is 5.32 Å². The molecule has 1 atom stereocenters. The van der Waals surface area contributed by atoms with E-state index in [4.69, 9.17) is 0 Å². The number of amides is 1. The molecule has 0 radical (unpaired) electrons. The van der Waals surface area contributed by atoms with Crippen molar-refractivity contribution < 1.29 is 4.79 Å². The van der Waals surface area contributed by atoms with Crippen LogP contribution >= 0.6 is 0 Å². The molecule has 1 amide bonds. The second kappa shape index (κ2) is 6.84. The first-order valence-corrected chi connectivity index (χ1v) is 6.87. The Morgan fingerprint density at radius 1 is 1.35 bits per heavy atom. The van der Waals surface area contributed by atoms with Crippen molar-refractivity contribution in [1.82, 2.24) is 20.1 Å². The van der Waals surface area contributed by atoms with Crippen LogP contribution in [0.3, 0.4) is 0 Å². The third kappa shape index (κ3) is 3.66. The minimum Gasteiger partial charge on any atom is -0.352 e. The summed E-state index contributed by atoms with van der Waals surface area (Å²) in [6.07, 6.45) is 4.06. The fourth-order valence-electron chi connectivity index (χ4n) is 1.92. The highest BCUT2D eigenvalue weighted by atomic mass is 16.1. The molecule has 1 N–H and O–H groups in total. The largest absolute Gasteiger partial charge is 0.352 e. The number of nitrogens with one attached hydrogen (secondary N) is 1. The van der Waals surface area contributed by atoms with Crippen LogP contribution in [0.1, 0.15) is 31.4 Å². The standard InChI is InChI=1S/C15H20N4O/c1-3-12(2)15(20)17-8-13-6-4-5-7-14(13)9-19-11-16-10-18-19/h4-7,10-12H,3,8-9H2,1-2H3,(H,17,20). The summed E-state index contributed by atoms with van der Waals surface area (Å²) in [6.45, 7) is 5.17. The van der Waals surface area contributed by atoms with Crippen molar-refractivity contribution in [2.24, 2.45) is 5.92 Å². The van der Waals surface area contributed by atoms with E-state index in [-0.39, 0.29) is 11.8 Å². The molecular formula is C15H20N4O. The van der Waals surface area contributed by atoms with E-state index in [1.165, 1.54) is 6.33 Å². The molecule has 0 aliphatic rings. The molecule has 5 nitrogen and oxygen atoms in total. The summed E-state index contributed by atoms with van der Waals surface area (Å²) in [5, 5.41) is 7.09. The van der Waals surface area contributed by atoms with Crippen LogP contribution in [-0.2, 0) is 17.9 Å². The van der Waals surface area contributed by atoms with Gasteiger partial charge in [-0.3, -0.25) is 4.79 Å². The van der Waals surface area contributed by atoms with Crippen molar-refractivity contribution >= 4 is 5.91 Å². The van der Waals surface area contributed by atoms with Gasteiger partial charge in [0, 0.05) is 12.5 Å². The van der Waals surface area contributed by atoms with Crippen molar-refractivity contribution in [2.75, 3.05) is 0 Å². The molecule has 1 heterocycles. The van der Waals surface area contributed by atoms with Gasteiger partial charge in [0.05, 0.1) is 6.54 Å². The Bertz CT molecular complexity index is 551. The zero-order chi connectivity index (χ0) is 14.4. The molecular weight excluding hydrogens is 252 g/mol. The summed E-state index contributed by atoms with van der Waals surface area (Å²) in [7, 11) is 0. The summed E-state index contributed by atoms with van der Waals surface area (Å²) < 4.78 is 1.77. The number of rotatable bonds is 6. The van der Waals surface area contributed by atoms with Crippen LogP contribution in [0.2, 0.25) is 0 Å². The Morgan fingerprint density at radius 2 is 2.10 bits per heavy atom. The van der Waals surface area contributed by atoms with Gasteiger partial charge in [-0.15, -0.1) is 0 Å². The quantitative estimate of drug-likeness (QED) is 0.875.